The number of allylic oxidation sites excluding steroid dienone is 3. The average molecular weight is 206 g/mol. The zero-order valence-electron chi connectivity index (χ0n) is 10.3. The Hall–Kier alpha value is -0.980. The van der Waals surface area contributed by atoms with E-state index in [-0.39, 0.29) is 5.60 Å². The molecule has 1 unspecified atom stereocenters. The third-order valence-electron chi connectivity index (χ3n) is 2.99. The Kier molecular flexibility index (Phi) is 3.43. The molecule has 1 aliphatic rings. The first-order valence-corrected chi connectivity index (χ1v) is 5.59. The molecule has 0 saturated heterocycles. The number of hydrogen-bond acceptors (Lipinski definition) is 1. The van der Waals surface area contributed by atoms with Crippen molar-refractivity contribution >= 4 is 0 Å². The maximum atomic E-state index is 5.90. The van der Waals surface area contributed by atoms with E-state index in [0.717, 1.165) is 12.2 Å². The molecule has 0 spiro atoms. The highest BCUT2D eigenvalue weighted by molar-refractivity contribution is 5.32. The van der Waals surface area contributed by atoms with Gasteiger partial charge < -0.3 is 4.74 Å². The third kappa shape index (κ3) is 2.53. The van der Waals surface area contributed by atoms with Crippen molar-refractivity contribution in [2.45, 2.75) is 39.7 Å². The molecule has 0 aliphatic carbocycles. The van der Waals surface area contributed by atoms with Crippen LogP contribution in [0.15, 0.2) is 36.6 Å². The van der Waals surface area contributed by atoms with Crippen LogP contribution in [0.25, 0.3) is 0 Å². The van der Waals surface area contributed by atoms with Crippen molar-refractivity contribution < 1.29 is 4.74 Å². The fraction of sp³-hybridized carbons (Fsp3) is 0.571. The summed E-state index contributed by atoms with van der Waals surface area (Å²) in [5.74, 6) is 2.04. The molecule has 0 radical (unpaired) electrons. The summed E-state index contributed by atoms with van der Waals surface area (Å²) in [7, 11) is 0. The highest BCUT2D eigenvalue weighted by Gasteiger charge is 2.34. The Morgan fingerprint density at radius 3 is 2.33 bits per heavy atom. The lowest BCUT2D eigenvalue weighted by Gasteiger charge is -2.39. The van der Waals surface area contributed by atoms with Crippen molar-refractivity contribution in [3.8, 4) is 0 Å². The van der Waals surface area contributed by atoms with E-state index in [1.807, 2.05) is 6.08 Å². The van der Waals surface area contributed by atoms with Crippen molar-refractivity contribution in [1.29, 1.82) is 0 Å². The van der Waals surface area contributed by atoms with Gasteiger partial charge in [-0.05, 0) is 43.8 Å². The Bertz CT molecular complexity index is 294. The zero-order valence-corrected chi connectivity index (χ0v) is 10.3. The second-order valence-electron chi connectivity index (χ2n) is 5.14. The van der Waals surface area contributed by atoms with Gasteiger partial charge in [-0.25, -0.2) is 0 Å². The SMILES string of the molecule is C=CC1=C(C=C)C(C(C)C)CC(C)(C)O1. The molecule has 0 bridgehead atoms. The monoisotopic (exact) mass is 206 g/mol. The standard InChI is InChI=1S/C14H22O/c1-7-11-12(10(3)4)9-14(5,6)15-13(11)8-2/h7-8,10,12H,1-2,9H2,3-6H3. The van der Waals surface area contributed by atoms with Crippen LogP contribution in [0.5, 0.6) is 0 Å². The van der Waals surface area contributed by atoms with Crippen molar-refractivity contribution in [3.05, 3.63) is 36.6 Å². The van der Waals surface area contributed by atoms with Gasteiger partial charge in [0, 0.05) is 0 Å². The number of rotatable bonds is 3. The summed E-state index contributed by atoms with van der Waals surface area (Å²) in [4.78, 5) is 0. The van der Waals surface area contributed by atoms with Crippen LogP contribution >= 0.6 is 0 Å². The van der Waals surface area contributed by atoms with E-state index < -0.39 is 0 Å². The second kappa shape index (κ2) is 4.26. The van der Waals surface area contributed by atoms with Crippen LogP contribution in [0.2, 0.25) is 0 Å². The molecular formula is C14H22O. The number of ether oxygens (including phenoxy) is 1. The fourth-order valence-electron chi connectivity index (χ4n) is 2.23. The molecule has 0 aromatic carbocycles. The Balaban J connectivity index is 3.15. The highest BCUT2D eigenvalue weighted by atomic mass is 16.5. The van der Waals surface area contributed by atoms with E-state index in [4.69, 9.17) is 4.74 Å². The summed E-state index contributed by atoms with van der Waals surface area (Å²) in [6, 6.07) is 0. The molecule has 0 amide bonds. The smallest absolute Gasteiger partial charge is 0.122 e. The van der Waals surface area contributed by atoms with Crippen molar-refractivity contribution in [1.82, 2.24) is 0 Å². The van der Waals surface area contributed by atoms with Gasteiger partial charge >= 0.3 is 0 Å². The molecule has 1 heterocycles. The third-order valence-corrected chi connectivity index (χ3v) is 2.99. The summed E-state index contributed by atoms with van der Waals surface area (Å²) < 4.78 is 5.90. The summed E-state index contributed by atoms with van der Waals surface area (Å²) in [6.45, 7) is 16.4. The van der Waals surface area contributed by atoms with Crippen LogP contribution in [-0.4, -0.2) is 5.60 Å². The minimum absolute atomic E-state index is 0.0923. The first-order chi connectivity index (χ1) is 6.91. The van der Waals surface area contributed by atoms with Crippen LogP contribution in [0.1, 0.15) is 34.1 Å². The molecule has 1 rings (SSSR count). The van der Waals surface area contributed by atoms with E-state index >= 15 is 0 Å². The minimum Gasteiger partial charge on any atom is -0.488 e. The quantitative estimate of drug-likeness (QED) is 0.676. The molecule has 0 N–H and O–H groups in total. The maximum Gasteiger partial charge on any atom is 0.122 e. The van der Waals surface area contributed by atoms with Crippen LogP contribution in [0, 0.1) is 11.8 Å². The first-order valence-electron chi connectivity index (χ1n) is 5.59. The Morgan fingerprint density at radius 1 is 1.33 bits per heavy atom. The maximum absolute atomic E-state index is 5.90. The molecule has 84 valence electrons. The Morgan fingerprint density at radius 2 is 1.93 bits per heavy atom. The van der Waals surface area contributed by atoms with Crippen molar-refractivity contribution in [2.75, 3.05) is 0 Å². The van der Waals surface area contributed by atoms with Gasteiger partial charge in [0.05, 0.1) is 0 Å². The Labute approximate surface area is 93.5 Å². The van der Waals surface area contributed by atoms with E-state index in [2.05, 4.69) is 40.9 Å². The van der Waals surface area contributed by atoms with Gasteiger partial charge in [-0.1, -0.05) is 33.1 Å². The van der Waals surface area contributed by atoms with Crippen LogP contribution in [0.4, 0.5) is 0 Å². The van der Waals surface area contributed by atoms with E-state index in [1.165, 1.54) is 5.57 Å². The van der Waals surface area contributed by atoms with Gasteiger partial charge in [-0.2, -0.15) is 0 Å². The van der Waals surface area contributed by atoms with Gasteiger partial charge in [0.2, 0.25) is 0 Å². The predicted molar refractivity (Wildman–Crippen MR) is 65.5 cm³/mol. The molecule has 1 nitrogen and oxygen atoms in total. The van der Waals surface area contributed by atoms with Crippen molar-refractivity contribution in [3.63, 3.8) is 0 Å². The van der Waals surface area contributed by atoms with Crippen LogP contribution in [0.3, 0.4) is 0 Å². The normalized spacial score (nSPS) is 25.0. The van der Waals surface area contributed by atoms with Gasteiger partial charge in [-0.3, -0.25) is 0 Å². The minimum atomic E-state index is -0.0923. The molecular weight excluding hydrogens is 184 g/mol. The lowest BCUT2D eigenvalue weighted by molar-refractivity contribution is -0.00129. The molecule has 15 heavy (non-hydrogen) atoms. The lowest BCUT2D eigenvalue weighted by Crippen LogP contribution is -2.34. The molecule has 0 saturated carbocycles. The van der Waals surface area contributed by atoms with E-state index in [1.54, 1.807) is 6.08 Å². The summed E-state index contributed by atoms with van der Waals surface area (Å²) >= 11 is 0. The average Bonchev–Trinajstić information content (AvgIpc) is 2.15. The topological polar surface area (TPSA) is 9.23 Å². The summed E-state index contributed by atoms with van der Waals surface area (Å²) in [6.07, 6.45) is 4.76. The van der Waals surface area contributed by atoms with Gasteiger partial charge in [0.15, 0.2) is 0 Å². The van der Waals surface area contributed by atoms with Crippen molar-refractivity contribution in [2.24, 2.45) is 11.8 Å². The predicted octanol–water partition coefficient (Wildman–Crippen LogP) is 4.08. The molecule has 1 heteroatoms. The molecule has 1 atom stereocenters. The van der Waals surface area contributed by atoms with Gasteiger partial charge in [0.25, 0.3) is 0 Å². The van der Waals surface area contributed by atoms with Gasteiger partial charge in [-0.15, -0.1) is 0 Å². The zero-order chi connectivity index (χ0) is 11.6. The lowest BCUT2D eigenvalue weighted by atomic mass is 9.77. The van der Waals surface area contributed by atoms with Crippen LogP contribution < -0.4 is 0 Å². The first kappa shape index (κ1) is 12.1. The second-order valence-corrected chi connectivity index (χ2v) is 5.14. The largest absolute Gasteiger partial charge is 0.488 e. The molecule has 0 aromatic heterocycles. The number of hydrogen-bond donors (Lipinski definition) is 0. The molecule has 0 fully saturated rings. The summed E-state index contributed by atoms with van der Waals surface area (Å²) in [5, 5.41) is 0. The summed E-state index contributed by atoms with van der Waals surface area (Å²) in [5.41, 5.74) is 1.12. The van der Waals surface area contributed by atoms with E-state index in [9.17, 15) is 0 Å². The van der Waals surface area contributed by atoms with E-state index in [0.29, 0.717) is 11.8 Å². The molecule has 1 aliphatic heterocycles. The van der Waals surface area contributed by atoms with Gasteiger partial charge in [0.1, 0.15) is 11.4 Å². The fourth-order valence-corrected chi connectivity index (χ4v) is 2.23. The molecule has 0 aromatic rings. The highest BCUT2D eigenvalue weighted by Crippen LogP contribution is 2.40. The van der Waals surface area contributed by atoms with Crippen LogP contribution in [-0.2, 0) is 4.74 Å².